The number of amides is 1. The van der Waals surface area contributed by atoms with E-state index in [2.05, 4.69) is 4.98 Å². The molecule has 25 heavy (non-hydrogen) atoms. The van der Waals surface area contributed by atoms with Crippen LogP contribution in [0.4, 0.5) is 5.13 Å². The average Bonchev–Trinajstić information content (AvgIpc) is 3.36. The molecule has 2 aliphatic heterocycles. The first-order chi connectivity index (χ1) is 12.3. The van der Waals surface area contributed by atoms with E-state index in [1.54, 1.807) is 22.4 Å². The van der Waals surface area contributed by atoms with Crippen molar-refractivity contribution in [2.75, 3.05) is 4.90 Å². The molecule has 5 nitrogen and oxygen atoms in total. The van der Waals surface area contributed by atoms with Gasteiger partial charge in [0.15, 0.2) is 16.7 Å². The zero-order valence-corrected chi connectivity index (χ0v) is 15.0. The number of hydrogen-bond donors (Lipinski definition) is 0. The normalized spacial score (nSPS) is 28.8. The first-order valence-electron chi connectivity index (χ1n) is 8.47. The van der Waals surface area contributed by atoms with Gasteiger partial charge >= 0.3 is 0 Å². The van der Waals surface area contributed by atoms with Crippen molar-refractivity contribution in [3.63, 3.8) is 0 Å². The highest BCUT2D eigenvalue weighted by Gasteiger charge is 2.53. The van der Waals surface area contributed by atoms with Gasteiger partial charge in [-0.2, -0.15) is 0 Å². The Morgan fingerprint density at radius 2 is 2.04 bits per heavy atom. The number of hydrogen-bond acceptors (Lipinski definition) is 6. The highest BCUT2D eigenvalue weighted by molar-refractivity contribution is 7.14. The van der Waals surface area contributed by atoms with Gasteiger partial charge in [0, 0.05) is 16.5 Å². The van der Waals surface area contributed by atoms with Crippen LogP contribution in [0.2, 0.25) is 0 Å². The van der Waals surface area contributed by atoms with Crippen LogP contribution in [0, 0.1) is 5.92 Å². The summed E-state index contributed by atoms with van der Waals surface area (Å²) in [5.74, 6) is -0.00163. The number of thiazole rings is 1. The third-order valence-electron chi connectivity index (χ3n) is 5.20. The topological polar surface area (TPSA) is 59.5 Å². The largest absolute Gasteiger partial charge is 0.483 e. The Balaban J connectivity index is 1.65. The lowest BCUT2D eigenvalue weighted by molar-refractivity contribution is -0.131. The molecule has 0 N–H and O–H groups in total. The minimum absolute atomic E-state index is 0.0942. The van der Waals surface area contributed by atoms with Crippen LogP contribution in [0.3, 0.4) is 0 Å². The zero-order valence-electron chi connectivity index (χ0n) is 13.4. The van der Waals surface area contributed by atoms with Gasteiger partial charge in [0.2, 0.25) is 0 Å². The fourth-order valence-corrected chi connectivity index (χ4v) is 5.58. The molecule has 128 valence electrons. The van der Waals surface area contributed by atoms with Crippen molar-refractivity contribution in [2.24, 2.45) is 5.92 Å². The quantitative estimate of drug-likeness (QED) is 0.806. The van der Waals surface area contributed by atoms with Gasteiger partial charge in [-0.05, 0) is 30.7 Å². The van der Waals surface area contributed by atoms with E-state index in [9.17, 15) is 9.59 Å². The van der Waals surface area contributed by atoms with Crippen LogP contribution in [0.1, 0.15) is 36.6 Å². The molecule has 7 heteroatoms. The van der Waals surface area contributed by atoms with Gasteiger partial charge in [0.25, 0.3) is 5.91 Å². The van der Waals surface area contributed by atoms with Crippen LogP contribution in [0.15, 0.2) is 40.4 Å². The molecule has 0 bridgehead atoms. The van der Waals surface area contributed by atoms with Crippen LogP contribution < -0.4 is 4.90 Å². The van der Waals surface area contributed by atoms with Gasteiger partial charge in [0.1, 0.15) is 12.1 Å². The number of carbonyl (C=O) groups excluding carboxylic acids is 2. The van der Waals surface area contributed by atoms with E-state index in [0.29, 0.717) is 10.7 Å². The predicted octanol–water partition coefficient (Wildman–Crippen LogP) is 3.70. The molecule has 2 aromatic heterocycles. The SMILES string of the molecule is O=C1C2=C(OC3CCCCC13)C(=O)N(c1nccs1)C2c1cccs1. The van der Waals surface area contributed by atoms with Crippen molar-refractivity contribution < 1.29 is 14.3 Å². The van der Waals surface area contributed by atoms with E-state index >= 15 is 0 Å². The summed E-state index contributed by atoms with van der Waals surface area (Å²) >= 11 is 2.95. The molecule has 4 heterocycles. The lowest BCUT2D eigenvalue weighted by Gasteiger charge is -2.35. The Kier molecular flexibility index (Phi) is 3.53. The number of fused-ring (bicyclic) bond motifs is 1. The van der Waals surface area contributed by atoms with Crippen LogP contribution in [-0.4, -0.2) is 22.8 Å². The Labute approximate surface area is 152 Å². The average molecular weight is 372 g/mol. The van der Waals surface area contributed by atoms with Crippen LogP contribution in [0.25, 0.3) is 0 Å². The van der Waals surface area contributed by atoms with Gasteiger partial charge < -0.3 is 4.74 Å². The number of nitrogens with zero attached hydrogens (tertiary/aromatic N) is 2. The molecule has 1 saturated carbocycles. The number of thiophene rings is 1. The number of aromatic nitrogens is 1. The highest BCUT2D eigenvalue weighted by Crippen LogP contribution is 2.49. The molecule has 2 aromatic rings. The molecule has 1 amide bonds. The van der Waals surface area contributed by atoms with Gasteiger partial charge in [-0.1, -0.05) is 12.5 Å². The monoisotopic (exact) mass is 372 g/mol. The fraction of sp³-hybridized carbons (Fsp3) is 0.389. The molecule has 3 atom stereocenters. The number of rotatable bonds is 2. The van der Waals surface area contributed by atoms with E-state index in [1.807, 2.05) is 22.9 Å². The molecule has 1 aliphatic carbocycles. The molecule has 5 rings (SSSR count). The van der Waals surface area contributed by atoms with Crippen molar-refractivity contribution in [1.82, 2.24) is 4.98 Å². The summed E-state index contributed by atoms with van der Waals surface area (Å²) in [6.45, 7) is 0. The Morgan fingerprint density at radius 1 is 1.16 bits per heavy atom. The Hall–Kier alpha value is -1.99. The Morgan fingerprint density at radius 3 is 2.80 bits per heavy atom. The summed E-state index contributed by atoms with van der Waals surface area (Å²) in [6.07, 6.45) is 5.33. The number of ketones is 1. The van der Waals surface area contributed by atoms with Gasteiger partial charge in [0.05, 0.1) is 11.5 Å². The van der Waals surface area contributed by atoms with Crippen molar-refractivity contribution in [3.05, 3.63) is 45.3 Å². The van der Waals surface area contributed by atoms with E-state index in [-0.39, 0.29) is 29.5 Å². The summed E-state index contributed by atoms with van der Waals surface area (Å²) in [7, 11) is 0. The second-order valence-corrected chi connectivity index (χ2v) is 8.41. The van der Waals surface area contributed by atoms with Crippen LogP contribution >= 0.6 is 22.7 Å². The zero-order chi connectivity index (χ0) is 17.0. The third-order valence-corrected chi connectivity index (χ3v) is 6.90. The molecule has 1 fully saturated rings. The summed E-state index contributed by atoms with van der Waals surface area (Å²) in [5, 5.41) is 4.42. The van der Waals surface area contributed by atoms with Gasteiger partial charge in [-0.3, -0.25) is 14.5 Å². The maximum absolute atomic E-state index is 13.3. The van der Waals surface area contributed by atoms with Gasteiger partial charge in [-0.25, -0.2) is 4.98 Å². The molecule has 3 unspecified atom stereocenters. The van der Waals surface area contributed by atoms with Crippen molar-refractivity contribution >= 4 is 39.5 Å². The molecule has 0 saturated heterocycles. The lowest BCUT2D eigenvalue weighted by Crippen LogP contribution is -2.39. The number of carbonyl (C=O) groups is 2. The maximum atomic E-state index is 13.3. The fourth-order valence-electron chi connectivity index (χ4n) is 4.09. The van der Waals surface area contributed by atoms with E-state index in [4.69, 9.17) is 4.74 Å². The molecule has 0 spiro atoms. The van der Waals surface area contributed by atoms with Crippen LogP contribution in [0.5, 0.6) is 0 Å². The van der Waals surface area contributed by atoms with Gasteiger partial charge in [-0.15, -0.1) is 22.7 Å². The summed E-state index contributed by atoms with van der Waals surface area (Å²) in [5.41, 5.74) is 0.533. The summed E-state index contributed by atoms with van der Waals surface area (Å²) in [4.78, 5) is 33.3. The lowest BCUT2D eigenvalue weighted by atomic mass is 9.78. The minimum Gasteiger partial charge on any atom is -0.483 e. The second kappa shape index (κ2) is 5.78. The number of Topliss-reactive ketones (excluding diaryl/α,β-unsaturated/α-hetero) is 1. The standard InChI is InChI=1S/C18H16N2O3S2/c21-15-10-4-1-2-5-11(10)23-16-13(15)14(12-6-3-8-24-12)20(17(16)22)18-19-7-9-25-18/h3,6-11,14H,1-2,4-5H2. The summed E-state index contributed by atoms with van der Waals surface area (Å²) < 4.78 is 6.10. The van der Waals surface area contributed by atoms with E-state index in [0.717, 1.165) is 30.6 Å². The Bertz CT molecular complexity index is 857. The van der Waals surface area contributed by atoms with Crippen molar-refractivity contribution in [2.45, 2.75) is 37.8 Å². The molecule has 3 aliphatic rings. The van der Waals surface area contributed by atoms with Crippen molar-refractivity contribution in [3.8, 4) is 0 Å². The highest BCUT2D eigenvalue weighted by atomic mass is 32.1. The summed E-state index contributed by atoms with van der Waals surface area (Å²) in [6, 6.07) is 3.50. The minimum atomic E-state index is -0.413. The predicted molar refractivity (Wildman–Crippen MR) is 95.5 cm³/mol. The number of anilines is 1. The molecule has 0 aromatic carbocycles. The first kappa shape index (κ1) is 15.3. The smallest absolute Gasteiger partial charge is 0.296 e. The second-order valence-electron chi connectivity index (χ2n) is 6.56. The van der Waals surface area contributed by atoms with E-state index < -0.39 is 6.04 Å². The van der Waals surface area contributed by atoms with Crippen LogP contribution in [-0.2, 0) is 14.3 Å². The molecular weight excluding hydrogens is 356 g/mol. The maximum Gasteiger partial charge on any atom is 0.296 e. The number of ether oxygens (including phenoxy) is 1. The van der Waals surface area contributed by atoms with Crippen molar-refractivity contribution in [1.29, 1.82) is 0 Å². The van der Waals surface area contributed by atoms with E-state index in [1.165, 1.54) is 11.3 Å². The molecular formula is C18H16N2O3S2. The molecule has 0 radical (unpaired) electrons. The third kappa shape index (κ3) is 2.22. The first-order valence-corrected chi connectivity index (χ1v) is 10.2.